The second-order valence-corrected chi connectivity index (χ2v) is 4.85. The van der Waals surface area contributed by atoms with Gasteiger partial charge in [0.1, 0.15) is 0 Å². The zero-order chi connectivity index (χ0) is 14.8. The number of benzene rings is 1. The van der Waals surface area contributed by atoms with Crippen LogP contribution in [-0.2, 0) is 11.2 Å². The van der Waals surface area contributed by atoms with Gasteiger partial charge in [0.05, 0.1) is 17.9 Å². The third kappa shape index (κ3) is 5.81. The molecule has 0 aliphatic rings. The molecule has 1 heterocycles. The molecule has 0 amide bonds. The molecule has 0 bridgehead atoms. The van der Waals surface area contributed by atoms with Gasteiger partial charge in [-0.3, -0.25) is 4.98 Å². The van der Waals surface area contributed by atoms with E-state index < -0.39 is 0 Å². The van der Waals surface area contributed by atoms with Crippen molar-refractivity contribution in [3.8, 4) is 0 Å². The van der Waals surface area contributed by atoms with E-state index in [9.17, 15) is 0 Å². The van der Waals surface area contributed by atoms with E-state index >= 15 is 0 Å². The van der Waals surface area contributed by atoms with Crippen LogP contribution < -0.4 is 16.4 Å². The lowest BCUT2D eigenvalue weighted by Gasteiger charge is -2.07. The van der Waals surface area contributed by atoms with Gasteiger partial charge in [0.15, 0.2) is 0 Å². The highest BCUT2D eigenvalue weighted by Gasteiger charge is 1.97. The summed E-state index contributed by atoms with van der Waals surface area (Å²) in [6.07, 6.45) is 0.990. The van der Waals surface area contributed by atoms with Crippen molar-refractivity contribution in [1.82, 2.24) is 15.6 Å². The molecule has 0 aliphatic heterocycles. The van der Waals surface area contributed by atoms with Crippen LogP contribution in [0.2, 0.25) is 6.32 Å². The van der Waals surface area contributed by atoms with Crippen molar-refractivity contribution in [2.45, 2.75) is 12.9 Å². The Morgan fingerprint density at radius 1 is 1.05 bits per heavy atom. The molecule has 2 rings (SSSR count). The number of rotatable bonds is 10. The molecule has 0 radical (unpaired) electrons. The molecule has 0 fully saturated rings. The van der Waals surface area contributed by atoms with Gasteiger partial charge >= 0.3 is 0 Å². The van der Waals surface area contributed by atoms with E-state index in [1.165, 1.54) is 5.39 Å². The first-order valence-electron chi connectivity index (χ1n) is 7.44. The molecule has 21 heavy (non-hydrogen) atoms. The standard InChI is InChI=1S/C15H23BN4O/c17-12-21-16-7-8-18-9-10-19-11-14-6-5-13-3-1-2-4-15(13)20-14/h1-6,16,18-19H,7-12,17H2. The first kappa shape index (κ1) is 15.9. The van der Waals surface area contributed by atoms with Gasteiger partial charge in [0.25, 0.3) is 7.48 Å². The van der Waals surface area contributed by atoms with Gasteiger partial charge in [-0.25, -0.2) is 0 Å². The SMILES string of the molecule is NCOBCCNCCNCc1ccc2ccccc2n1. The number of nitrogens with zero attached hydrogens (tertiary/aromatic N) is 1. The summed E-state index contributed by atoms with van der Waals surface area (Å²) in [5.41, 5.74) is 7.37. The number of nitrogens with two attached hydrogens (primary N) is 1. The summed E-state index contributed by atoms with van der Waals surface area (Å²) in [4.78, 5) is 4.63. The highest BCUT2D eigenvalue weighted by Crippen LogP contribution is 2.11. The summed E-state index contributed by atoms with van der Waals surface area (Å²) in [5.74, 6) is 0. The monoisotopic (exact) mass is 286 g/mol. The molecule has 6 heteroatoms. The molecule has 0 atom stereocenters. The normalized spacial score (nSPS) is 10.9. The smallest absolute Gasteiger partial charge is 0.277 e. The summed E-state index contributed by atoms with van der Waals surface area (Å²) in [5, 5.41) is 7.93. The van der Waals surface area contributed by atoms with Gasteiger partial charge in [-0.2, -0.15) is 0 Å². The molecule has 2 aromatic rings. The van der Waals surface area contributed by atoms with Gasteiger partial charge in [0, 0.05) is 25.0 Å². The van der Waals surface area contributed by atoms with Crippen LogP contribution in [0.3, 0.4) is 0 Å². The second kappa shape index (κ2) is 9.47. The maximum Gasteiger partial charge on any atom is 0.277 e. The van der Waals surface area contributed by atoms with Gasteiger partial charge in [-0.05, 0) is 25.0 Å². The Balaban J connectivity index is 1.59. The van der Waals surface area contributed by atoms with Crippen molar-refractivity contribution in [3.05, 3.63) is 42.1 Å². The lowest BCUT2D eigenvalue weighted by Crippen LogP contribution is -2.28. The van der Waals surface area contributed by atoms with Crippen molar-refractivity contribution in [2.24, 2.45) is 5.73 Å². The zero-order valence-corrected chi connectivity index (χ0v) is 12.3. The maximum absolute atomic E-state index is 5.24. The minimum Gasteiger partial charge on any atom is -0.428 e. The zero-order valence-electron chi connectivity index (χ0n) is 12.3. The minimum atomic E-state index is 0.306. The lowest BCUT2D eigenvalue weighted by molar-refractivity contribution is 0.348. The van der Waals surface area contributed by atoms with Crippen molar-refractivity contribution in [3.63, 3.8) is 0 Å². The first-order valence-corrected chi connectivity index (χ1v) is 7.44. The van der Waals surface area contributed by atoms with E-state index in [-0.39, 0.29) is 0 Å². The van der Waals surface area contributed by atoms with Crippen LogP contribution in [0, 0.1) is 0 Å². The van der Waals surface area contributed by atoms with Crippen molar-refractivity contribution in [1.29, 1.82) is 0 Å². The van der Waals surface area contributed by atoms with E-state index in [2.05, 4.69) is 33.8 Å². The third-order valence-corrected chi connectivity index (χ3v) is 3.20. The lowest BCUT2D eigenvalue weighted by atomic mass is 9.96. The molecular weight excluding hydrogens is 263 g/mol. The third-order valence-electron chi connectivity index (χ3n) is 3.20. The molecule has 0 saturated heterocycles. The highest BCUT2D eigenvalue weighted by molar-refractivity contribution is 6.27. The summed E-state index contributed by atoms with van der Waals surface area (Å²) in [6, 6.07) is 12.4. The molecule has 0 unspecified atom stereocenters. The Morgan fingerprint density at radius 2 is 1.90 bits per heavy atom. The number of para-hydroxylation sites is 1. The number of hydrogen-bond acceptors (Lipinski definition) is 5. The van der Waals surface area contributed by atoms with Crippen LogP contribution in [0.4, 0.5) is 0 Å². The highest BCUT2D eigenvalue weighted by atomic mass is 16.4. The number of aromatic nitrogens is 1. The Bertz CT molecular complexity index is 538. The Morgan fingerprint density at radius 3 is 2.81 bits per heavy atom. The van der Waals surface area contributed by atoms with E-state index in [0.717, 1.165) is 51.2 Å². The number of fused-ring (bicyclic) bond motifs is 1. The van der Waals surface area contributed by atoms with Crippen LogP contribution >= 0.6 is 0 Å². The van der Waals surface area contributed by atoms with E-state index in [0.29, 0.717) is 6.73 Å². The topological polar surface area (TPSA) is 72.2 Å². The van der Waals surface area contributed by atoms with Gasteiger partial charge < -0.3 is 21.0 Å². The maximum atomic E-state index is 5.24. The Labute approximate surface area is 126 Å². The summed E-state index contributed by atoms with van der Waals surface area (Å²) >= 11 is 0. The van der Waals surface area contributed by atoms with Crippen LogP contribution in [0.15, 0.2) is 36.4 Å². The number of nitrogens with one attached hydrogen (secondary N) is 2. The predicted octanol–water partition coefficient (Wildman–Crippen LogP) is 0.617. The average molecular weight is 286 g/mol. The molecule has 4 N–H and O–H groups in total. The van der Waals surface area contributed by atoms with E-state index in [1.807, 2.05) is 18.2 Å². The molecule has 112 valence electrons. The van der Waals surface area contributed by atoms with Gasteiger partial charge in [-0.1, -0.05) is 24.3 Å². The summed E-state index contributed by atoms with van der Waals surface area (Å²) < 4.78 is 5.07. The summed E-state index contributed by atoms with van der Waals surface area (Å²) in [6.45, 7) is 3.92. The minimum absolute atomic E-state index is 0.306. The Hall–Kier alpha value is -1.47. The number of pyridine rings is 1. The molecule has 1 aromatic carbocycles. The van der Waals surface area contributed by atoms with Crippen LogP contribution in [0.25, 0.3) is 10.9 Å². The average Bonchev–Trinajstić information content (AvgIpc) is 2.53. The predicted molar refractivity (Wildman–Crippen MR) is 88.4 cm³/mol. The quantitative estimate of drug-likeness (QED) is 0.339. The van der Waals surface area contributed by atoms with Crippen LogP contribution in [-0.4, -0.2) is 38.8 Å². The fraction of sp³-hybridized carbons (Fsp3) is 0.400. The molecular formula is C15H23BN4O. The van der Waals surface area contributed by atoms with Crippen molar-refractivity contribution >= 4 is 18.4 Å². The molecule has 0 aliphatic carbocycles. The van der Waals surface area contributed by atoms with E-state index in [1.54, 1.807) is 0 Å². The number of hydrogen-bond donors (Lipinski definition) is 3. The van der Waals surface area contributed by atoms with Crippen molar-refractivity contribution in [2.75, 3.05) is 26.4 Å². The van der Waals surface area contributed by atoms with Gasteiger partial charge in [0.2, 0.25) is 0 Å². The van der Waals surface area contributed by atoms with Gasteiger partial charge in [-0.15, -0.1) is 0 Å². The molecule has 0 saturated carbocycles. The molecule has 0 spiro atoms. The van der Waals surface area contributed by atoms with Crippen LogP contribution in [0.5, 0.6) is 0 Å². The summed E-state index contributed by atoms with van der Waals surface area (Å²) in [7, 11) is 0.720. The fourth-order valence-corrected chi connectivity index (χ4v) is 2.11. The Kier molecular flexibility index (Phi) is 7.17. The fourth-order valence-electron chi connectivity index (χ4n) is 2.11. The van der Waals surface area contributed by atoms with Crippen LogP contribution in [0.1, 0.15) is 5.69 Å². The second-order valence-electron chi connectivity index (χ2n) is 4.85. The van der Waals surface area contributed by atoms with E-state index in [4.69, 9.17) is 10.4 Å². The largest absolute Gasteiger partial charge is 0.428 e. The molecule has 1 aromatic heterocycles. The first-order chi connectivity index (χ1) is 10.4. The van der Waals surface area contributed by atoms with Crippen molar-refractivity contribution < 1.29 is 4.65 Å². The molecule has 5 nitrogen and oxygen atoms in total.